The Bertz CT molecular complexity index is 563. The Balaban J connectivity index is 2.31. The molecule has 1 aromatic rings. The van der Waals surface area contributed by atoms with Crippen LogP contribution in [0.5, 0.6) is 0 Å². The molecule has 0 bridgehead atoms. The summed E-state index contributed by atoms with van der Waals surface area (Å²) in [7, 11) is 0. The third-order valence-electron chi connectivity index (χ3n) is 3.58. The van der Waals surface area contributed by atoms with Gasteiger partial charge < -0.3 is 10.0 Å². The van der Waals surface area contributed by atoms with Crippen molar-refractivity contribution in [2.24, 2.45) is 5.92 Å². The molecule has 1 fully saturated rings. The van der Waals surface area contributed by atoms with E-state index in [0.29, 0.717) is 0 Å². The van der Waals surface area contributed by atoms with E-state index in [0.717, 1.165) is 15.7 Å². The van der Waals surface area contributed by atoms with Crippen LogP contribution in [0.2, 0.25) is 0 Å². The van der Waals surface area contributed by atoms with Crippen molar-refractivity contribution in [3.63, 3.8) is 0 Å². The molecule has 1 saturated heterocycles. The van der Waals surface area contributed by atoms with Crippen LogP contribution in [0, 0.1) is 5.92 Å². The van der Waals surface area contributed by atoms with Crippen molar-refractivity contribution in [1.29, 1.82) is 0 Å². The largest absolute Gasteiger partial charge is 0.481 e. The van der Waals surface area contributed by atoms with Crippen molar-refractivity contribution in [3.8, 4) is 0 Å². The Morgan fingerprint density at radius 3 is 2.50 bits per heavy atom. The van der Waals surface area contributed by atoms with Gasteiger partial charge >= 0.3 is 5.97 Å². The number of nitrogens with zero attached hydrogens (tertiary/aromatic N) is 1. The fourth-order valence-electron chi connectivity index (χ4n) is 2.30. The first-order valence-corrected chi connectivity index (χ1v) is 7.32. The van der Waals surface area contributed by atoms with Crippen LogP contribution in [0.3, 0.4) is 0 Å². The van der Waals surface area contributed by atoms with E-state index >= 15 is 0 Å². The van der Waals surface area contributed by atoms with Gasteiger partial charge in [-0.05, 0) is 39.0 Å². The fraction of sp³-hybridized carbons (Fsp3) is 0.467. The normalized spacial score (nSPS) is 19.5. The smallest absolute Gasteiger partial charge is 0.308 e. The summed E-state index contributed by atoms with van der Waals surface area (Å²) in [6, 6.07) is 5.87. The topological polar surface area (TPSA) is 57.6 Å². The summed E-state index contributed by atoms with van der Waals surface area (Å²) in [6.45, 7) is 6.60. The Morgan fingerprint density at radius 1 is 1.40 bits per heavy atom. The number of rotatable bonds is 2. The zero-order valence-corrected chi connectivity index (χ0v) is 13.4. The number of carbonyl (C=O) groups is 2. The summed E-state index contributed by atoms with van der Waals surface area (Å²) in [5.41, 5.74) is 1.93. The van der Waals surface area contributed by atoms with E-state index in [4.69, 9.17) is 5.11 Å². The molecule has 1 heterocycles. The number of aliphatic carboxylic acids is 1. The first kappa shape index (κ1) is 15.0. The zero-order valence-electron chi connectivity index (χ0n) is 11.8. The van der Waals surface area contributed by atoms with Crippen LogP contribution >= 0.6 is 15.9 Å². The molecule has 1 unspecified atom stereocenters. The molecule has 1 aliphatic rings. The van der Waals surface area contributed by atoms with Gasteiger partial charge in [-0.2, -0.15) is 0 Å². The van der Waals surface area contributed by atoms with Gasteiger partial charge in [-0.1, -0.05) is 26.8 Å². The van der Waals surface area contributed by atoms with E-state index in [-0.39, 0.29) is 24.3 Å². The summed E-state index contributed by atoms with van der Waals surface area (Å²) < 4.78 is 0.823. The molecule has 1 aliphatic heterocycles. The minimum atomic E-state index is -0.914. The first-order valence-electron chi connectivity index (χ1n) is 6.53. The van der Waals surface area contributed by atoms with Crippen molar-refractivity contribution >= 4 is 33.5 Å². The fourth-order valence-corrected chi connectivity index (χ4v) is 2.89. The molecule has 4 nitrogen and oxygen atoms in total. The molecule has 1 aromatic carbocycles. The highest BCUT2D eigenvalue weighted by molar-refractivity contribution is 9.10. The van der Waals surface area contributed by atoms with Crippen molar-refractivity contribution < 1.29 is 14.7 Å². The number of hydrogen-bond acceptors (Lipinski definition) is 2. The molecule has 2 rings (SSSR count). The lowest BCUT2D eigenvalue weighted by Gasteiger charge is -2.23. The molecule has 1 amide bonds. The average molecular weight is 340 g/mol. The highest BCUT2D eigenvalue weighted by atomic mass is 79.9. The van der Waals surface area contributed by atoms with E-state index < -0.39 is 11.9 Å². The number of anilines is 1. The lowest BCUT2D eigenvalue weighted by atomic mass is 9.87. The average Bonchev–Trinajstić information content (AvgIpc) is 2.70. The molecular weight excluding hydrogens is 322 g/mol. The van der Waals surface area contributed by atoms with Gasteiger partial charge in [-0.15, -0.1) is 0 Å². The minimum Gasteiger partial charge on any atom is -0.481 e. The van der Waals surface area contributed by atoms with Gasteiger partial charge in [0.15, 0.2) is 0 Å². The van der Waals surface area contributed by atoms with E-state index in [1.165, 1.54) is 0 Å². The SMILES string of the molecule is CC(C)(C)c1ccc(N2CC(C(=O)O)CC2=O)c(Br)c1. The number of carbonyl (C=O) groups excluding carboxylic acids is 1. The maximum atomic E-state index is 12.0. The van der Waals surface area contributed by atoms with Gasteiger partial charge in [-0.3, -0.25) is 9.59 Å². The molecule has 0 aliphatic carbocycles. The summed E-state index contributed by atoms with van der Waals surface area (Å²) in [5.74, 6) is -1.67. The standard InChI is InChI=1S/C15H18BrNO3/c1-15(2,3)10-4-5-12(11(16)7-10)17-8-9(14(19)20)6-13(17)18/h4-5,7,9H,6,8H2,1-3H3,(H,19,20). The third kappa shape index (κ3) is 2.87. The number of benzene rings is 1. The molecule has 0 radical (unpaired) electrons. The number of carboxylic acids is 1. The predicted octanol–water partition coefficient (Wildman–Crippen LogP) is 3.18. The maximum Gasteiger partial charge on any atom is 0.308 e. The van der Waals surface area contributed by atoms with Gasteiger partial charge in [0.1, 0.15) is 0 Å². The highest BCUT2D eigenvalue weighted by Gasteiger charge is 2.35. The van der Waals surface area contributed by atoms with E-state index in [1.807, 2.05) is 18.2 Å². The second kappa shape index (κ2) is 5.20. The highest BCUT2D eigenvalue weighted by Crippen LogP contribution is 2.35. The summed E-state index contributed by atoms with van der Waals surface area (Å²) in [4.78, 5) is 24.5. The Morgan fingerprint density at radius 2 is 2.05 bits per heavy atom. The Hall–Kier alpha value is -1.36. The molecule has 1 N–H and O–H groups in total. The van der Waals surface area contributed by atoms with E-state index in [1.54, 1.807) is 4.90 Å². The lowest BCUT2D eigenvalue weighted by molar-refractivity contribution is -0.141. The van der Waals surface area contributed by atoms with Gasteiger partial charge in [0.2, 0.25) is 5.91 Å². The summed E-state index contributed by atoms with van der Waals surface area (Å²) in [6.07, 6.45) is 0.0722. The molecule has 108 valence electrons. The zero-order chi connectivity index (χ0) is 15.1. The number of hydrogen-bond donors (Lipinski definition) is 1. The Kier molecular flexibility index (Phi) is 3.91. The molecule has 0 spiro atoms. The summed E-state index contributed by atoms with van der Waals surface area (Å²) >= 11 is 3.49. The van der Waals surface area contributed by atoms with Crippen LogP contribution in [0.25, 0.3) is 0 Å². The van der Waals surface area contributed by atoms with Crippen LogP contribution in [-0.4, -0.2) is 23.5 Å². The quantitative estimate of drug-likeness (QED) is 0.900. The monoisotopic (exact) mass is 339 g/mol. The van der Waals surface area contributed by atoms with E-state index in [9.17, 15) is 9.59 Å². The van der Waals surface area contributed by atoms with Gasteiger partial charge in [0.25, 0.3) is 0 Å². The van der Waals surface area contributed by atoms with Crippen LogP contribution < -0.4 is 4.90 Å². The van der Waals surface area contributed by atoms with Crippen LogP contribution in [0.4, 0.5) is 5.69 Å². The van der Waals surface area contributed by atoms with Crippen molar-refractivity contribution in [1.82, 2.24) is 0 Å². The lowest BCUT2D eigenvalue weighted by Crippen LogP contribution is -2.26. The number of amides is 1. The van der Waals surface area contributed by atoms with Crippen molar-refractivity contribution in [2.75, 3.05) is 11.4 Å². The Labute approximate surface area is 126 Å². The summed E-state index contributed by atoms with van der Waals surface area (Å²) in [5, 5.41) is 9.03. The van der Waals surface area contributed by atoms with Crippen molar-refractivity contribution in [2.45, 2.75) is 32.6 Å². The second-order valence-electron chi connectivity index (χ2n) is 6.16. The van der Waals surface area contributed by atoms with Crippen molar-refractivity contribution in [3.05, 3.63) is 28.2 Å². The van der Waals surface area contributed by atoms with Crippen LogP contribution in [0.1, 0.15) is 32.8 Å². The molecule has 0 aromatic heterocycles. The van der Waals surface area contributed by atoms with Gasteiger partial charge in [0, 0.05) is 17.4 Å². The van der Waals surface area contributed by atoms with E-state index in [2.05, 4.69) is 36.7 Å². The van der Waals surface area contributed by atoms with Crippen LogP contribution in [0.15, 0.2) is 22.7 Å². The molecule has 20 heavy (non-hydrogen) atoms. The van der Waals surface area contributed by atoms with Gasteiger partial charge in [0.05, 0.1) is 11.6 Å². The number of carboxylic acid groups (broad SMARTS) is 1. The predicted molar refractivity (Wildman–Crippen MR) is 80.9 cm³/mol. The maximum absolute atomic E-state index is 12.0. The molecule has 1 atom stereocenters. The third-order valence-corrected chi connectivity index (χ3v) is 4.21. The molecule has 5 heteroatoms. The first-order chi connectivity index (χ1) is 9.20. The molecule has 0 saturated carbocycles. The minimum absolute atomic E-state index is 0.0274. The number of halogens is 1. The van der Waals surface area contributed by atoms with Crippen LogP contribution in [-0.2, 0) is 15.0 Å². The second-order valence-corrected chi connectivity index (χ2v) is 7.01. The molecular formula is C15H18BrNO3. The van der Waals surface area contributed by atoms with Gasteiger partial charge in [-0.25, -0.2) is 0 Å².